The molecule has 1 aromatic rings. The number of aliphatic carboxylic acids is 1. The van der Waals surface area contributed by atoms with Gasteiger partial charge in [0, 0.05) is 44.0 Å². The predicted octanol–water partition coefficient (Wildman–Crippen LogP) is 8.71. The maximum Gasteiger partial charge on any atom is 0.373 e. The fraction of sp³-hybridized carbons (Fsp3) is 0.740. The number of rotatable bonds is 11. The van der Waals surface area contributed by atoms with Crippen LogP contribution >= 0.6 is 0 Å². The second kappa shape index (κ2) is 17.1. The van der Waals surface area contributed by atoms with Gasteiger partial charge in [-0.05, 0) is 159 Å². The van der Waals surface area contributed by atoms with Gasteiger partial charge in [-0.15, -0.1) is 0 Å². The van der Waals surface area contributed by atoms with E-state index in [-0.39, 0.29) is 33.4 Å². The maximum absolute atomic E-state index is 12.8. The smallest absolute Gasteiger partial charge is 0.373 e. The second-order valence-corrected chi connectivity index (χ2v) is 24.0. The number of carbonyl (C=O) groups is 1. The van der Waals surface area contributed by atoms with Crippen molar-refractivity contribution in [3.8, 4) is 5.88 Å². The molecule has 0 spiro atoms. The van der Waals surface area contributed by atoms with Crippen molar-refractivity contribution in [3.63, 3.8) is 0 Å². The first-order valence-electron chi connectivity index (χ1n) is 23.3. The van der Waals surface area contributed by atoms with Crippen LogP contribution in [-0.2, 0) is 24.2 Å². The van der Waals surface area contributed by atoms with Crippen LogP contribution in [0, 0.1) is 56.7 Å². The summed E-state index contributed by atoms with van der Waals surface area (Å²) in [6.45, 7) is 23.6. The van der Waals surface area contributed by atoms with E-state index in [1.54, 1.807) is 6.20 Å². The number of aromatic nitrogens is 1. The number of carboxylic acid groups (broad SMARTS) is 1. The number of fused-ring (bicyclic) bond motifs is 7. The average Bonchev–Trinajstić information content (AvgIpc) is 3.60. The van der Waals surface area contributed by atoms with Crippen molar-refractivity contribution >= 4 is 22.0 Å². The molecule has 0 amide bonds. The molecule has 11 heteroatoms. The van der Waals surface area contributed by atoms with Crippen LogP contribution in [0.1, 0.15) is 125 Å². The van der Waals surface area contributed by atoms with Crippen LogP contribution in [0.15, 0.2) is 59.8 Å². The minimum atomic E-state index is -2.87. The largest absolute Gasteiger partial charge is 0.481 e. The highest BCUT2D eigenvalue weighted by atomic mass is 32.2. The molecule has 336 valence electrons. The molecule has 10 atom stereocenters. The summed E-state index contributed by atoms with van der Waals surface area (Å²) in [4.78, 5) is 35.6. The number of nitrogens with one attached hydrogen (secondary N) is 1. The van der Waals surface area contributed by atoms with Gasteiger partial charge in [0.05, 0.1) is 23.5 Å². The highest BCUT2D eigenvalue weighted by Crippen LogP contribution is 2.76. The number of pyridine rings is 1. The quantitative estimate of drug-likeness (QED) is 0.208. The lowest BCUT2D eigenvalue weighted by molar-refractivity contribution is -0.221. The monoisotopic (exact) mass is 860 g/mol. The number of hydrogen-bond donors (Lipinski definition) is 2. The summed E-state index contributed by atoms with van der Waals surface area (Å²) in [5, 5.41) is 14.7. The summed E-state index contributed by atoms with van der Waals surface area (Å²) in [6.07, 6.45) is 20.5. The highest BCUT2D eigenvalue weighted by Gasteiger charge is 2.70. The molecule has 1 aliphatic heterocycles. The first-order valence-corrected chi connectivity index (χ1v) is 25.1. The summed E-state index contributed by atoms with van der Waals surface area (Å²) >= 11 is 0. The van der Waals surface area contributed by atoms with Crippen LogP contribution in [0.25, 0.3) is 0 Å². The third-order valence-corrected chi connectivity index (χ3v) is 20.5. The zero-order valence-electron chi connectivity index (χ0n) is 37.9. The standard InChI is InChI=1S/C49H73N3O5S.CO2/c1-34(2)36-15-22-49(51-27-28-52-29-32-58(55,56)33-30-52)24-23-46(6)38(42(36)49)11-12-40-45(5)18-16-37(44(3,4)39(45)17-19-47(40,46)7)35-13-20-48(21-14-35,43(53)54)25-31-57-41-10-8-9-26-50-41;2-1-3/h8-10,13,16,26,36,38-40,42,51H,1,11-12,14-15,17-25,27-33H2,2-7H3,(H,53,54);/t36-,38+,39-,40+,42+,45-,46+,47+,48?,49-;/m0./s1. The lowest BCUT2D eigenvalue weighted by Gasteiger charge is -2.72. The molecule has 0 aromatic carbocycles. The normalized spacial score (nSPS) is 39.9. The van der Waals surface area contributed by atoms with E-state index in [2.05, 4.69) is 75.5 Å². The van der Waals surface area contributed by atoms with Crippen molar-refractivity contribution in [2.45, 2.75) is 131 Å². The van der Waals surface area contributed by atoms with E-state index in [1.807, 2.05) is 18.2 Å². The van der Waals surface area contributed by atoms with Crippen molar-refractivity contribution in [1.82, 2.24) is 15.2 Å². The van der Waals surface area contributed by atoms with Gasteiger partial charge >= 0.3 is 12.1 Å². The predicted molar refractivity (Wildman–Crippen MR) is 237 cm³/mol. The lowest BCUT2D eigenvalue weighted by atomic mass is 9.33. The van der Waals surface area contributed by atoms with E-state index >= 15 is 0 Å². The molecule has 5 fully saturated rings. The number of carboxylic acids is 1. The van der Waals surface area contributed by atoms with Crippen LogP contribution in [0.5, 0.6) is 5.88 Å². The molecule has 2 N–H and O–H groups in total. The van der Waals surface area contributed by atoms with E-state index in [0.29, 0.717) is 85.9 Å². The van der Waals surface area contributed by atoms with E-state index in [4.69, 9.17) is 14.3 Å². The Kier molecular flexibility index (Phi) is 12.9. The van der Waals surface area contributed by atoms with Crippen LogP contribution in [0.2, 0.25) is 0 Å². The minimum absolute atomic E-state index is 0.0178. The molecule has 0 radical (unpaired) electrons. The fourth-order valence-electron chi connectivity index (χ4n) is 15.5. The van der Waals surface area contributed by atoms with E-state index in [1.165, 1.54) is 68.1 Å². The third-order valence-electron chi connectivity index (χ3n) is 18.9. The maximum atomic E-state index is 12.8. The van der Waals surface area contributed by atoms with Gasteiger partial charge in [0.2, 0.25) is 5.88 Å². The molecule has 10 nitrogen and oxygen atoms in total. The van der Waals surface area contributed by atoms with Crippen LogP contribution in [0.3, 0.4) is 0 Å². The van der Waals surface area contributed by atoms with E-state index in [0.717, 1.165) is 25.9 Å². The Labute approximate surface area is 365 Å². The average molecular weight is 860 g/mol. The molecular weight excluding hydrogens is 787 g/mol. The van der Waals surface area contributed by atoms with Gasteiger partial charge in [-0.3, -0.25) is 4.79 Å². The summed E-state index contributed by atoms with van der Waals surface area (Å²) in [7, 11) is -2.87. The van der Waals surface area contributed by atoms with Crippen LogP contribution in [-0.4, -0.2) is 85.4 Å². The molecule has 8 rings (SSSR count). The molecule has 1 saturated heterocycles. The topological polar surface area (TPSA) is 143 Å². The summed E-state index contributed by atoms with van der Waals surface area (Å²) in [5.41, 5.74) is 4.33. The molecule has 2 heterocycles. The fourth-order valence-corrected chi connectivity index (χ4v) is 16.8. The number of hydrogen-bond acceptors (Lipinski definition) is 9. The van der Waals surface area contributed by atoms with Crippen molar-refractivity contribution in [3.05, 3.63) is 59.8 Å². The zero-order valence-corrected chi connectivity index (χ0v) is 38.7. The molecule has 0 bridgehead atoms. The molecule has 7 aliphatic rings. The molecule has 4 saturated carbocycles. The molecule has 61 heavy (non-hydrogen) atoms. The number of ether oxygens (including phenoxy) is 1. The van der Waals surface area contributed by atoms with E-state index < -0.39 is 21.2 Å². The molecule has 6 aliphatic carbocycles. The summed E-state index contributed by atoms with van der Waals surface area (Å²) in [6, 6.07) is 5.57. The SMILES string of the molecule is C=C(C)[C@@H]1CC[C@]2(NCCN3CCS(=O)(=O)CC3)CC[C@]3(C)[C@H](CC[C@@H]4[C@@]5(C)CC=C(C6=CCC(CCOc7ccccn7)(C(=O)O)CC6)C(C)(C)[C@@H]5CC[C@]43C)[C@@H]12.O=C=O. The minimum Gasteiger partial charge on any atom is -0.481 e. The Morgan fingerprint density at radius 3 is 2.33 bits per heavy atom. The highest BCUT2D eigenvalue weighted by molar-refractivity contribution is 7.91. The van der Waals surface area contributed by atoms with Crippen LogP contribution < -0.4 is 10.1 Å². The molecule has 1 aromatic heterocycles. The van der Waals surface area contributed by atoms with Crippen molar-refractivity contribution in [1.29, 1.82) is 0 Å². The van der Waals surface area contributed by atoms with Gasteiger partial charge < -0.3 is 20.1 Å². The number of nitrogens with zero attached hydrogens (tertiary/aromatic N) is 2. The van der Waals surface area contributed by atoms with Gasteiger partial charge in [-0.1, -0.05) is 65.0 Å². The van der Waals surface area contributed by atoms with Crippen molar-refractivity contribution in [2.75, 3.05) is 44.3 Å². The van der Waals surface area contributed by atoms with Gasteiger partial charge in [-0.2, -0.15) is 9.59 Å². The van der Waals surface area contributed by atoms with Gasteiger partial charge in [0.15, 0.2) is 9.84 Å². The Bertz CT molecular complexity index is 2010. The van der Waals surface area contributed by atoms with Gasteiger partial charge in [0.25, 0.3) is 0 Å². The Hall–Kier alpha value is -3.11. The Morgan fingerprint density at radius 1 is 0.951 bits per heavy atom. The van der Waals surface area contributed by atoms with E-state index in [9.17, 15) is 18.3 Å². The Morgan fingerprint density at radius 2 is 1.69 bits per heavy atom. The third kappa shape index (κ3) is 8.05. The van der Waals surface area contributed by atoms with Crippen molar-refractivity contribution < 1.29 is 32.6 Å². The summed E-state index contributed by atoms with van der Waals surface area (Å²) in [5.74, 6) is 3.49. The zero-order chi connectivity index (χ0) is 44.1. The Balaban J connectivity index is 0.00000182. The first-order chi connectivity index (χ1) is 28.8. The lowest BCUT2D eigenvalue weighted by Crippen LogP contribution is -2.68. The number of carbonyl (C=O) groups excluding carboxylic acids is 2. The van der Waals surface area contributed by atoms with Crippen LogP contribution in [0.4, 0.5) is 0 Å². The number of allylic oxidation sites excluding steroid dienone is 5. The molecular formula is C50H73N3O7S. The second-order valence-electron chi connectivity index (χ2n) is 21.7. The summed E-state index contributed by atoms with van der Waals surface area (Å²) < 4.78 is 30.0. The van der Waals surface area contributed by atoms with Crippen molar-refractivity contribution in [2.24, 2.45) is 56.7 Å². The molecule has 1 unspecified atom stereocenters. The van der Waals surface area contributed by atoms with Gasteiger partial charge in [-0.25, -0.2) is 13.4 Å². The van der Waals surface area contributed by atoms with Gasteiger partial charge in [0.1, 0.15) is 0 Å². The first kappa shape index (κ1) is 45.9. The number of sulfone groups is 1.